The third-order valence-corrected chi connectivity index (χ3v) is 11.5. The van der Waals surface area contributed by atoms with Crippen LogP contribution in [0, 0.1) is 0 Å². The second-order valence-corrected chi connectivity index (χ2v) is 16.6. The lowest BCUT2D eigenvalue weighted by Crippen LogP contribution is -2.47. The molecule has 1 fully saturated rings. The molecule has 1 saturated heterocycles. The van der Waals surface area contributed by atoms with Crippen molar-refractivity contribution >= 4 is 56.1 Å². The zero-order valence-electron chi connectivity index (χ0n) is 28.8. The molecule has 1 aliphatic heterocycles. The second-order valence-electron chi connectivity index (χ2n) is 12.6. The molecule has 2 aromatic heterocycles. The molecule has 3 heterocycles. The van der Waals surface area contributed by atoms with Crippen molar-refractivity contribution in [3.8, 4) is 27.6 Å². The van der Waals surface area contributed by atoms with Gasteiger partial charge in [0.2, 0.25) is 5.95 Å². The van der Waals surface area contributed by atoms with Gasteiger partial charge >= 0.3 is 0 Å². The van der Waals surface area contributed by atoms with Crippen LogP contribution in [0.5, 0.6) is 5.75 Å². The normalized spacial score (nSPS) is 13.8. The van der Waals surface area contributed by atoms with Gasteiger partial charge in [-0.2, -0.15) is 0 Å². The molecule has 13 heteroatoms. The second kappa shape index (κ2) is 16.2. The summed E-state index contributed by atoms with van der Waals surface area (Å²) in [7, 11) is -1.32. The van der Waals surface area contributed by atoms with Crippen molar-refractivity contribution in [3.63, 3.8) is 0 Å². The topological polar surface area (TPSA) is 113 Å². The molecule has 262 valence electrons. The molecule has 10 nitrogen and oxygen atoms in total. The van der Waals surface area contributed by atoms with E-state index in [0.717, 1.165) is 81.6 Å². The molecule has 2 N–H and O–H groups in total. The molecule has 0 bridgehead atoms. The fraction of sp³-hybridized carbons (Fsp3) is 0.324. The Hall–Kier alpha value is -4.17. The maximum atomic E-state index is 11.6. The third-order valence-electron chi connectivity index (χ3n) is 8.36. The van der Waals surface area contributed by atoms with E-state index in [1.807, 2.05) is 24.3 Å². The minimum atomic E-state index is -2.99. The maximum absolute atomic E-state index is 11.6. The highest BCUT2D eigenvalue weighted by Crippen LogP contribution is 2.40. The van der Waals surface area contributed by atoms with Crippen LogP contribution < -0.4 is 19.7 Å². The summed E-state index contributed by atoms with van der Waals surface area (Å²) in [5, 5.41) is 4.47. The minimum Gasteiger partial charge on any atom is -0.495 e. The summed E-state index contributed by atoms with van der Waals surface area (Å²) >= 11 is 3.33. The van der Waals surface area contributed by atoms with E-state index >= 15 is 0 Å². The number of benzene rings is 3. The molecule has 0 amide bonds. The summed E-state index contributed by atoms with van der Waals surface area (Å²) in [6.07, 6.45) is 3.07. The van der Waals surface area contributed by atoms with Crippen LogP contribution in [0.4, 0.5) is 23.0 Å². The lowest BCUT2D eigenvalue weighted by Gasteiger charge is -2.36. The van der Waals surface area contributed by atoms with E-state index < -0.39 is 9.84 Å². The highest BCUT2D eigenvalue weighted by Gasteiger charge is 2.22. The van der Waals surface area contributed by atoms with Gasteiger partial charge in [0.1, 0.15) is 15.6 Å². The van der Waals surface area contributed by atoms with Crippen LogP contribution in [0.3, 0.4) is 0 Å². The molecular weight excluding hydrogens is 687 g/mol. The summed E-state index contributed by atoms with van der Waals surface area (Å²) in [4.78, 5) is 20.1. The number of sulfone groups is 1. The van der Waals surface area contributed by atoms with Crippen molar-refractivity contribution in [1.29, 1.82) is 0 Å². The van der Waals surface area contributed by atoms with Gasteiger partial charge in [0.25, 0.3) is 0 Å². The van der Waals surface area contributed by atoms with Crippen molar-refractivity contribution in [2.75, 3.05) is 66.8 Å². The number of hydrogen-bond acceptors (Lipinski definition) is 12. The quantitative estimate of drug-likeness (QED) is 0.110. The summed E-state index contributed by atoms with van der Waals surface area (Å²) in [5.74, 6) is 2.58. The molecule has 50 heavy (non-hydrogen) atoms. The molecule has 3 aromatic carbocycles. The first-order valence-electron chi connectivity index (χ1n) is 16.6. The molecule has 1 aliphatic rings. The van der Waals surface area contributed by atoms with Crippen LogP contribution in [-0.4, -0.2) is 80.1 Å². The van der Waals surface area contributed by atoms with Crippen molar-refractivity contribution in [1.82, 2.24) is 19.9 Å². The predicted octanol–water partition coefficient (Wildman–Crippen LogP) is 7.57. The number of nitrogens with one attached hydrogen (secondary N) is 2. The maximum Gasteiger partial charge on any atom is 0.227 e. The van der Waals surface area contributed by atoms with Crippen molar-refractivity contribution < 1.29 is 13.2 Å². The standard InChI is InChI=1S/C37H43N7O3S3/c1-26(2)36-41-34(28-11-8-12-30(23-28)42-48-25-27-9-6-5-7-10-27)35(49-36)31-15-16-38-37(40-31)39-29-13-14-33(47-3)32(24-29)44-19-17-43(18-20-44)21-22-50(4,45)46/h5-16,23-24,26,42H,17-22,25H2,1-4H3,(H,38,39,40). The Morgan fingerprint density at radius 1 is 0.940 bits per heavy atom. The fourth-order valence-corrected chi connectivity index (χ4v) is 8.03. The van der Waals surface area contributed by atoms with Gasteiger partial charge in [0.05, 0.1) is 39.8 Å². The van der Waals surface area contributed by atoms with Crippen LogP contribution in [0.1, 0.15) is 30.3 Å². The van der Waals surface area contributed by atoms with Gasteiger partial charge in [-0.25, -0.2) is 23.4 Å². The first kappa shape index (κ1) is 35.6. The minimum absolute atomic E-state index is 0.175. The Labute approximate surface area is 303 Å². The van der Waals surface area contributed by atoms with Gasteiger partial charge in [-0.1, -0.05) is 56.3 Å². The Kier molecular flexibility index (Phi) is 11.6. The van der Waals surface area contributed by atoms with Gasteiger partial charge in [-0.05, 0) is 53.9 Å². The van der Waals surface area contributed by atoms with Crippen LogP contribution in [0.15, 0.2) is 85.1 Å². The molecule has 0 unspecified atom stereocenters. The zero-order chi connectivity index (χ0) is 35.1. The Bertz CT molecular complexity index is 2000. The van der Waals surface area contributed by atoms with Gasteiger partial charge < -0.3 is 19.7 Å². The van der Waals surface area contributed by atoms with E-state index in [0.29, 0.717) is 12.5 Å². The number of anilines is 4. The van der Waals surface area contributed by atoms with Gasteiger partial charge in [0, 0.05) is 73.8 Å². The lowest BCUT2D eigenvalue weighted by atomic mass is 10.1. The van der Waals surface area contributed by atoms with E-state index in [1.165, 1.54) is 11.8 Å². The Balaban J connectivity index is 1.20. The highest BCUT2D eigenvalue weighted by atomic mass is 32.2. The molecule has 0 aliphatic carbocycles. The molecule has 5 aromatic rings. The van der Waals surface area contributed by atoms with E-state index in [4.69, 9.17) is 14.7 Å². The van der Waals surface area contributed by atoms with E-state index in [-0.39, 0.29) is 11.7 Å². The zero-order valence-corrected chi connectivity index (χ0v) is 31.2. The number of nitrogens with zero attached hydrogens (tertiary/aromatic N) is 5. The lowest BCUT2D eigenvalue weighted by molar-refractivity contribution is 0.271. The monoisotopic (exact) mass is 729 g/mol. The van der Waals surface area contributed by atoms with E-state index in [9.17, 15) is 8.42 Å². The van der Waals surface area contributed by atoms with E-state index in [1.54, 1.807) is 36.6 Å². The summed E-state index contributed by atoms with van der Waals surface area (Å²) in [6, 6.07) is 26.7. The highest BCUT2D eigenvalue weighted by molar-refractivity contribution is 7.99. The van der Waals surface area contributed by atoms with Crippen molar-refractivity contribution in [2.45, 2.75) is 25.5 Å². The summed E-state index contributed by atoms with van der Waals surface area (Å²) in [5.41, 5.74) is 6.84. The molecule has 0 atom stereocenters. The van der Waals surface area contributed by atoms with Crippen LogP contribution in [0.25, 0.3) is 21.8 Å². The fourth-order valence-electron chi connectivity index (χ4n) is 5.66. The third kappa shape index (κ3) is 9.33. The van der Waals surface area contributed by atoms with Gasteiger partial charge in [0.15, 0.2) is 0 Å². The van der Waals surface area contributed by atoms with Gasteiger partial charge in [-0.3, -0.25) is 4.90 Å². The van der Waals surface area contributed by atoms with E-state index in [2.05, 4.69) is 93.3 Å². The van der Waals surface area contributed by atoms with Crippen LogP contribution in [-0.2, 0) is 15.6 Å². The number of methoxy groups -OCH3 is 1. The average molecular weight is 730 g/mol. The van der Waals surface area contributed by atoms with Crippen molar-refractivity contribution in [2.24, 2.45) is 0 Å². The van der Waals surface area contributed by atoms with Gasteiger partial charge in [-0.15, -0.1) is 11.3 Å². The summed E-state index contributed by atoms with van der Waals surface area (Å²) in [6.45, 7) is 7.97. The molecular formula is C37H43N7O3S3. The molecule has 0 spiro atoms. The SMILES string of the molecule is COc1ccc(Nc2nccc(-c3sc(C(C)C)nc3-c3cccc(NSCc4ccccc4)c3)n2)cc1N1CCN(CCS(C)(=O)=O)CC1. The number of ether oxygens (including phenoxy) is 1. The summed E-state index contributed by atoms with van der Waals surface area (Å²) < 4.78 is 32.5. The Morgan fingerprint density at radius 3 is 2.48 bits per heavy atom. The Morgan fingerprint density at radius 2 is 1.74 bits per heavy atom. The number of aromatic nitrogens is 3. The van der Waals surface area contributed by atoms with Crippen LogP contribution in [0.2, 0.25) is 0 Å². The largest absolute Gasteiger partial charge is 0.495 e. The number of hydrogen-bond donors (Lipinski definition) is 2. The van der Waals surface area contributed by atoms with Crippen LogP contribution >= 0.6 is 23.3 Å². The molecule has 6 rings (SSSR count). The predicted molar refractivity (Wildman–Crippen MR) is 209 cm³/mol. The molecule has 0 radical (unpaired) electrons. The smallest absolute Gasteiger partial charge is 0.227 e. The number of piperazine rings is 1. The number of thiazole rings is 1. The first-order valence-corrected chi connectivity index (χ1v) is 20.5. The average Bonchev–Trinajstić information content (AvgIpc) is 3.58. The molecule has 0 saturated carbocycles. The van der Waals surface area contributed by atoms with Crippen molar-refractivity contribution in [3.05, 3.63) is 95.6 Å². The first-order chi connectivity index (χ1) is 24.1. The number of rotatable bonds is 14.